The predicted molar refractivity (Wildman–Crippen MR) is 125 cm³/mol. The molecule has 2 N–H and O–H groups in total. The van der Waals surface area contributed by atoms with Crippen molar-refractivity contribution in [2.75, 3.05) is 7.11 Å². The minimum atomic E-state index is -0.354. The summed E-state index contributed by atoms with van der Waals surface area (Å²) in [5.74, 6) is 2.12. The molecular formula is C26H29N5O. The van der Waals surface area contributed by atoms with E-state index < -0.39 is 0 Å². The highest BCUT2D eigenvalue weighted by Gasteiger charge is 2.41. The van der Waals surface area contributed by atoms with Crippen molar-refractivity contribution in [3.63, 3.8) is 0 Å². The number of hydrogen-bond donors (Lipinski definition) is 1. The van der Waals surface area contributed by atoms with Gasteiger partial charge in [0.25, 0.3) is 0 Å². The van der Waals surface area contributed by atoms with E-state index in [1.165, 1.54) is 30.8 Å². The Morgan fingerprint density at radius 3 is 2.84 bits per heavy atom. The van der Waals surface area contributed by atoms with Crippen molar-refractivity contribution >= 4 is 12.2 Å². The van der Waals surface area contributed by atoms with Crippen LogP contribution in [0.1, 0.15) is 49.7 Å². The molecule has 5 atom stereocenters. The molecule has 0 radical (unpaired) electrons. The van der Waals surface area contributed by atoms with Crippen molar-refractivity contribution in [1.82, 2.24) is 19.5 Å². The lowest BCUT2D eigenvalue weighted by Crippen LogP contribution is -2.42. The summed E-state index contributed by atoms with van der Waals surface area (Å²) in [4.78, 5) is 14.8. The second kappa shape index (κ2) is 7.36. The number of pyridine rings is 2. The molecule has 4 heterocycles. The third kappa shape index (κ3) is 2.90. The van der Waals surface area contributed by atoms with Gasteiger partial charge in [-0.1, -0.05) is 25.1 Å². The Hall–Kier alpha value is -2.83. The summed E-state index contributed by atoms with van der Waals surface area (Å²) in [6.07, 6.45) is 9.71. The van der Waals surface area contributed by atoms with Gasteiger partial charge < -0.3 is 15.0 Å². The third-order valence-corrected chi connectivity index (χ3v) is 7.52. The van der Waals surface area contributed by atoms with Crippen LogP contribution in [0.4, 0.5) is 0 Å². The lowest BCUT2D eigenvalue weighted by molar-refractivity contribution is 0.0691. The van der Waals surface area contributed by atoms with E-state index in [9.17, 15) is 0 Å². The molecule has 32 heavy (non-hydrogen) atoms. The van der Waals surface area contributed by atoms with Gasteiger partial charge in [0.2, 0.25) is 0 Å². The Balaban J connectivity index is 1.64. The zero-order valence-corrected chi connectivity index (χ0v) is 18.8. The summed E-state index contributed by atoms with van der Waals surface area (Å²) >= 11 is 0. The van der Waals surface area contributed by atoms with Gasteiger partial charge in [-0.2, -0.15) is 0 Å². The molecule has 1 saturated carbocycles. The predicted octanol–water partition coefficient (Wildman–Crippen LogP) is 2.90. The van der Waals surface area contributed by atoms with Crippen molar-refractivity contribution in [1.29, 1.82) is 0 Å². The number of aryl methyl sites for hydroxylation is 1. The molecule has 3 aromatic heterocycles. The van der Waals surface area contributed by atoms with E-state index in [2.05, 4.69) is 41.8 Å². The number of rotatable bonds is 4. The minimum Gasteiger partial charge on any atom is -0.366 e. The van der Waals surface area contributed by atoms with Crippen molar-refractivity contribution in [2.45, 2.75) is 51.3 Å². The molecule has 6 nitrogen and oxygen atoms in total. The maximum Gasteiger partial charge on any atom is 0.115 e. The van der Waals surface area contributed by atoms with E-state index in [1.807, 2.05) is 19.2 Å². The first-order valence-electron chi connectivity index (χ1n) is 11.6. The lowest BCUT2D eigenvalue weighted by Gasteiger charge is -2.26. The monoisotopic (exact) mass is 427 g/mol. The van der Waals surface area contributed by atoms with Crippen LogP contribution in [0.15, 0.2) is 30.5 Å². The highest BCUT2D eigenvalue weighted by atomic mass is 16.5. The molecule has 3 aliphatic rings. The third-order valence-electron chi connectivity index (χ3n) is 7.52. The number of ether oxygens (including phenoxy) is 1. The van der Waals surface area contributed by atoms with E-state index in [4.69, 9.17) is 25.4 Å². The van der Waals surface area contributed by atoms with Gasteiger partial charge in [-0.25, -0.2) is 4.98 Å². The fourth-order valence-electron chi connectivity index (χ4n) is 5.90. The van der Waals surface area contributed by atoms with E-state index in [1.54, 1.807) is 7.11 Å². The largest absolute Gasteiger partial charge is 0.366 e. The molecule has 0 amide bonds. The van der Waals surface area contributed by atoms with E-state index in [0.29, 0.717) is 12.0 Å². The zero-order chi connectivity index (χ0) is 22.0. The van der Waals surface area contributed by atoms with Gasteiger partial charge >= 0.3 is 0 Å². The first kappa shape index (κ1) is 19.8. The summed E-state index contributed by atoms with van der Waals surface area (Å²) in [5.41, 5.74) is 11.6. The van der Waals surface area contributed by atoms with Crippen LogP contribution in [0.5, 0.6) is 0 Å². The second-order valence-electron chi connectivity index (χ2n) is 9.49. The van der Waals surface area contributed by atoms with Crippen LogP contribution in [0.3, 0.4) is 0 Å². The Bertz CT molecular complexity index is 1330. The molecule has 2 bridgehead atoms. The van der Waals surface area contributed by atoms with Gasteiger partial charge in [0.05, 0.1) is 16.7 Å². The number of methoxy groups -OCH3 is 1. The van der Waals surface area contributed by atoms with Gasteiger partial charge in [0.1, 0.15) is 17.7 Å². The van der Waals surface area contributed by atoms with Crippen molar-refractivity contribution < 1.29 is 4.74 Å². The number of imidazole rings is 1. The Morgan fingerprint density at radius 2 is 2.03 bits per heavy atom. The fourth-order valence-corrected chi connectivity index (χ4v) is 5.90. The molecule has 6 rings (SSSR count). The van der Waals surface area contributed by atoms with E-state index in [0.717, 1.165) is 33.2 Å². The van der Waals surface area contributed by atoms with Crippen molar-refractivity contribution in [3.05, 3.63) is 52.5 Å². The van der Waals surface area contributed by atoms with Gasteiger partial charge in [0, 0.05) is 47.7 Å². The summed E-state index contributed by atoms with van der Waals surface area (Å²) < 4.78 is 8.00. The topological polar surface area (TPSA) is 78.9 Å². The average Bonchev–Trinajstić information content (AvgIpc) is 3.50. The SMILES string of the molecule is COC(N)C1C=c2c(-c3c(-c4cccc(C)n4)nc4n3C3CCC4C3)ccnc2=CC1C. The van der Waals surface area contributed by atoms with Crippen LogP contribution in [0.2, 0.25) is 0 Å². The van der Waals surface area contributed by atoms with Crippen LogP contribution >= 0.6 is 0 Å². The molecule has 1 fully saturated rings. The Labute approximate surface area is 187 Å². The summed E-state index contributed by atoms with van der Waals surface area (Å²) in [7, 11) is 1.67. The van der Waals surface area contributed by atoms with Gasteiger partial charge in [-0.3, -0.25) is 9.97 Å². The molecule has 0 aromatic carbocycles. The van der Waals surface area contributed by atoms with Crippen LogP contribution in [-0.4, -0.2) is 32.9 Å². The van der Waals surface area contributed by atoms with Gasteiger partial charge in [-0.15, -0.1) is 0 Å². The maximum atomic E-state index is 6.32. The Kier molecular flexibility index (Phi) is 4.56. The fraction of sp³-hybridized carbons (Fsp3) is 0.423. The molecule has 3 aromatic rings. The van der Waals surface area contributed by atoms with Crippen LogP contribution in [0.25, 0.3) is 34.8 Å². The summed E-state index contributed by atoms with van der Waals surface area (Å²) in [6.45, 7) is 4.21. The normalized spacial score (nSPS) is 26.2. The van der Waals surface area contributed by atoms with Crippen molar-refractivity contribution in [3.8, 4) is 22.6 Å². The molecule has 0 spiro atoms. The van der Waals surface area contributed by atoms with E-state index >= 15 is 0 Å². The quantitative estimate of drug-likeness (QED) is 0.648. The number of aromatic nitrogens is 4. The highest BCUT2D eigenvalue weighted by Crippen LogP contribution is 2.52. The van der Waals surface area contributed by atoms with Crippen LogP contribution < -0.4 is 16.3 Å². The summed E-state index contributed by atoms with van der Waals surface area (Å²) in [5, 5.41) is 2.14. The highest BCUT2D eigenvalue weighted by molar-refractivity contribution is 5.79. The molecule has 1 aliphatic heterocycles. The smallest absolute Gasteiger partial charge is 0.115 e. The van der Waals surface area contributed by atoms with Gasteiger partial charge in [-0.05, 0) is 50.3 Å². The molecular weight excluding hydrogens is 398 g/mol. The lowest BCUT2D eigenvalue weighted by atomic mass is 9.86. The van der Waals surface area contributed by atoms with Gasteiger partial charge in [0.15, 0.2) is 0 Å². The second-order valence-corrected chi connectivity index (χ2v) is 9.49. The maximum absolute atomic E-state index is 6.32. The molecule has 0 saturated heterocycles. The van der Waals surface area contributed by atoms with Crippen molar-refractivity contribution in [2.24, 2.45) is 17.6 Å². The number of fused-ring (bicyclic) bond motifs is 6. The van der Waals surface area contributed by atoms with Crippen LogP contribution in [0, 0.1) is 18.8 Å². The number of nitrogens with two attached hydrogens (primary N) is 1. The first-order chi connectivity index (χ1) is 15.5. The van der Waals surface area contributed by atoms with E-state index in [-0.39, 0.29) is 18.1 Å². The first-order valence-corrected chi connectivity index (χ1v) is 11.6. The summed E-state index contributed by atoms with van der Waals surface area (Å²) in [6, 6.07) is 8.82. The molecule has 164 valence electrons. The molecule has 5 unspecified atom stereocenters. The number of nitrogens with zero attached hydrogens (tertiary/aromatic N) is 4. The minimum absolute atomic E-state index is 0.0911. The average molecular weight is 428 g/mol. The standard InChI is InChI=1S/C26H29N5O/c1-14-11-22-20(13-19(14)25(27)32-3)18(9-10-28-22)24-23(21-6-4-5-15(2)29-21)30-26-16-7-8-17(12-16)31(24)26/h4-6,9-11,13-14,16-17,19,25H,7-8,12,27H2,1-3H3. The zero-order valence-electron chi connectivity index (χ0n) is 18.8. The Morgan fingerprint density at radius 1 is 1.16 bits per heavy atom. The number of hydrogen-bond acceptors (Lipinski definition) is 5. The van der Waals surface area contributed by atoms with Crippen LogP contribution in [-0.2, 0) is 4.74 Å². The molecule has 6 heteroatoms. The molecule has 2 aliphatic carbocycles.